The number of ether oxygens (including phenoxy) is 2. The van der Waals surface area contributed by atoms with Gasteiger partial charge in [0.05, 0.1) is 28.4 Å². The Morgan fingerprint density at radius 1 is 0.932 bits per heavy atom. The van der Waals surface area contributed by atoms with Crippen LogP contribution in [0.4, 0.5) is 5.13 Å². The van der Waals surface area contributed by atoms with Crippen LogP contribution in [0.3, 0.4) is 0 Å². The van der Waals surface area contributed by atoms with Crippen LogP contribution in [0.25, 0.3) is 16.0 Å². The average molecular weight is 625 g/mol. The molecule has 0 saturated carbocycles. The Labute approximate surface area is 264 Å². The summed E-state index contributed by atoms with van der Waals surface area (Å²) in [6, 6.07) is 28.2. The Morgan fingerprint density at radius 2 is 1.73 bits per heavy atom. The fourth-order valence-corrected chi connectivity index (χ4v) is 6.31. The quantitative estimate of drug-likeness (QED) is 0.0727. The normalized spacial score (nSPS) is 16.0. The first-order valence-corrected chi connectivity index (χ1v) is 15.5. The van der Waals surface area contributed by atoms with Crippen LogP contribution in [0.2, 0.25) is 5.02 Å². The van der Waals surface area contributed by atoms with Crippen molar-refractivity contribution in [3.8, 4) is 11.5 Å². The fraction of sp³-hybridized carbons (Fsp3) is 0.171. The van der Waals surface area contributed by atoms with Crippen molar-refractivity contribution in [2.75, 3.05) is 11.5 Å². The van der Waals surface area contributed by atoms with E-state index in [0.29, 0.717) is 51.5 Å². The van der Waals surface area contributed by atoms with Crippen LogP contribution in [0.5, 0.6) is 11.5 Å². The van der Waals surface area contributed by atoms with Gasteiger partial charge in [-0.05, 0) is 60.0 Å². The van der Waals surface area contributed by atoms with Crippen LogP contribution >= 0.6 is 22.9 Å². The van der Waals surface area contributed by atoms with Crippen LogP contribution in [0.15, 0.2) is 103 Å². The molecule has 2 heterocycles. The predicted octanol–water partition coefficient (Wildman–Crippen LogP) is 8.33. The molecule has 1 aliphatic heterocycles. The first-order chi connectivity index (χ1) is 21.4. The number of aromatic nitrogens is 1. The molecule has 7 nitrogen and oxygen atoms in total. The van der Waals surface area contributed by atoms with Gasteiger partial charge in [-0.1, -0.05) is 90.9 Å². The number of nitrogens with zero attached hydrogens (tertiary/aromatic N) is 2. The van der Waals surface area contributed by atoms with Crippen LogP contribution < -0.4 is 14.4 Å². The third-order valence-electron chi connectivity index (χ3n) is 7.31. The van der Waals surface area contributed by atoms with Crippen LogP contribution in [0.1, 0.15) is 42.5 Å². The number of carbonyl (C=O) groups is 2. The molecule has 5 aromatic rings. The third kappa shape index (κ3) is 6.04. The number of halogens is 1. The molecule has 0 bridgehead atoms. The number of unbranched alkanes of at least 4 members (excludes halogenated alkanes) is 1. The van der Waals surface area contributed by atoms with Gasteiger partial charge < -0.3 is 14.6 Å². The molecule has 1 amide bonds. The summed E-state index contributed by atoms with van der Waals surface area (Å²) in [5.41, 5.74) is 2.64. The lowest BCUT2D eigenvalue weighted by atomic mass is 9.95. The van der Waals surface area contributed by atoms with E-state index >= 15 is 0 Å². The lowest BCUT2D eigenvalue weighted by Crippen LogP contribution is -2.29. The number of aliphatic hydroxyl groups excluding tert-OH is 1. The van der Waals surface area contributed by atoms with Gasteiger partial charge in [0.2, 0.25) is 0 Å². The van der Waals surface area contributed by atoms with Crippen molar-refractivity contribution in [3.05, 3.63) is 124 Å². The maximum absolute atomic E-state index is 13.7. The lowest BCUT2D eigenvalue weighted by molar-refractivity contribution is -0.132. The van der Waals surface area contributed by atoms with Crippen molar-refractivity contribution in [3.63, 3.8) is 0 Å². The number of hydrogen-bond acceptors (Lipinski definition) is 7. The molecule has 0 radical (unpaired) electrons. The number of Topliss-reactive ketones (excluding diaryl/α,β-unsaturated/α-hetero) is 1. The van der Waals surface area contributed by atoms with E-state index in [2.05, 4.69) is 11.9 Å². The highest BCUT2D eigenvalue weighted by atomic mass is 35.5. The molecule has 222 valence electrons. The summed E-state index contributed by atoms with van der Waals surface area (Å²) in [6.45, 7) is 3.00. The number of rotatable bonds is 10. The van der Waals surface area contributed by atoms with E-state index < -0.39 is 17.7 Å². The van der Waals surface area contributed by atoms with E-state index in [1.54, 1.807) is 66.7 Å². The zero-order valence-electron chi connectivity index (χ0n) is 23.9. The summed E-state index contributed by atoms with van der Waals surface area (Å²) < 4.78 is 12.6. The summed E-state index contributed by atoms with van der Waals surface area (Å²) in [4.78, 5) is 33.4. The molecule has 0 spiro atoms. The standard InChI is InChI=1S/C35H29ClN2O5S/c1-2-3-18-42-27-11-7-10-24(19-27)32(39)30-31(23-12-15-26(16-13-23)43-21-22-8-5-4-6-9-22)38(34(41)33(30)40)35-37-28-17-14-25(36)20-29(28)44-35/h4-17,19-20,31,39H,2-3,18,21H2,1H3. The zero-order chi connectivity index (χ0) is 30.6. The molecule has 9 heteroatoms. The SMILES string of the molecule is CCCCOc1cccc(C(O)=C2C(=O)C(=O)N(c3nc4ccc(Cl)cc4s3)C2c2ccc(OCc3ccccc3)cc2)c1. The van der Waals surface area contributed by atoms with E-state index in [1.807, 2.05) is 30.3 Å². The Kier molecular flexibility index (Phi) is 8.63. The number of fused-ring (bicyclic) bond motifs is 1. The number of carbonyl (C=O) groups excluding carboxylic acids is 2. The molecule has 6 rings (SSSR count). The van der Waals surface area contributed by atoms with Crippen molar-refractivity contribution in [1.29, 1.82) is 0 Å². The number of thiazole rings is 1. The summed E-state index contributed by atoms with van der Waals surface area (Å²) >= 11 is 7.46. The van der Waals surface area contributed by atoms with Gasteiger partial charge >= 0.3 is 5.91 Å². The van der Waals surface area contributed by atoms with Crippen LogP contribution in [-0.2, 0) is 16.2 Å². The molecule has 4 aromatic carbocycles. The Bertz CT molecular complexity index is 1850. The molecule has 0 aliphatic carbocycles. The molecule has 1 aromatic heterocycles. The molecule has 1 fully saturated rings. The van der Waals surface area contributed by atoms with Crippen LogP contribution in [0, 0.1) is 0 Å². The highest BCUT2D eigenvalue weighted by Gasteiger charge is 2.48. The van der Waals surface area contributed by atoms with Crippen molar-refractivity contribution in [2.45, 2.75) is 32.4 Å². The highest BCUT2D eigenvalue weighted by Crippen LogP contribution is 2.45. The molecule has 1 N–H and O–H groups in total. The van der Waals surface area contributed by atoms with Crippen molar-refractivity contribution < 1.29 is 24.2 Å². The second-order valence-corrected chi connectivity index (χ2v) is 11.8. The topological polar surface area (TPSA) is 89.0 Å². The second-order valence-electron chi connectivity index (χ2n) is 10.4. The van der Waals surface area contributed by atoms with Crippen molar-refractivity contribution in [2.24, 2.45) is 0 Å². The third-order valence-corrected chi connectivity index (χ3v) is 8.56. The van der Waals surface area contributed by atoms with Gasteiger partial charge in [-0.2, -0.15) is 0 Å². The second kappa shape index (κ2) is 12.9. The predicted molar refractivity (Wildman–Crippen MR) is 173 cm³/mol. The lowest BCUT2D eigenvalue weighted by Gasteiger charge is -2.23. The molecular weight excluding hydrogens is 596 g/mol. The van der Waals surface area contributed by atoms with Gasteiger partial charge in [0.25, 0.3) is 5.78 Å². The van der Waals surface area contributed by atoms with Gasteiger partial charge in [-0.3, -0.25) is 14.5 Å². The van der Waals surface area contributed by atoms with Gasteiger partial charge in [0.1, 0.15) is 23.9 Å². The van der Waals surface area contributed by atoms with Gasteiger partial charge in [0.15, 0.2) is 5.13 Å². The van der Waals surface area contributed by atoms with Gasteiger partial charge in [0, 0.05) is 10.6 Å². The number of aliphatic hydroxyl groups is 1. The minimum atomic E-state index is -0.932. The Hall–Kier alpha value is -4.66. The van der Waals surface area contributed by atoms with E-state index in [0.717, 1.165) is 23.1 Å². The molecule has 1 aliphatic rings. The summed E-state index contributed by atoms with van der Waals surface area (Å²) in [6.07, 6.45) is 1.87. The summed E-state index contributed by atoms with van der Waals surface area (Å²) in [5, 5.41) is 12.5. The molecule has 44 heavy (non-hydrogen) atoms. The molecular formula is C35H29ClN2O5S. The number of ketones is 1. The van der Waals surface area contributed by atoms with E-state index in [-0.39, 0.29) is 11.3 Å². The number of hydrogen-bond donors (Lipinski definition) is 1. The largest absolute Gasteiger partial charge is 0.507 e. The molecule has 1 unspecified atom stereocenters. The Balaban J connectivity index is 1.41. The maximum atomic E-state index is 13.7. The minimum absolute atomic E-state index is 0.0315. The maximum Gasteiger partial charge on any atom is 0.301 e. The summed E-state index contributed by atoms with van der Waals surface area (Å²) in [5.74, 6) is -0.671. The monoisotopic (exact) mass is 624 g/mol. The number of anilines is 1. The minimum Gasteiger partial charge on any atom is -0.507 e. The van der Waals surface area contributed by atoms with E-state index in [1.165, 1.54) is 16.2 Å². The fourth-order valence-electron chi connectivity index (χ4n) is 5.04. The molecule has 1 saturated heterocycles. The van der Waals surface area contributed by atoms with Crippen molar-refractivity contribution in [1.82, 2.24) is 4.98 Å². The van der Waals surface area contributed by atoms with Gasteiger partial charge in [-0.25, -0.2) is 4.98 Å². The first-order valence-electron chi connectivity index (χ1n) is 14.3. The van der Waals surface area contributed by atoms with Crippen LogP contribution in [-0.4, -0.2) is 28.4 Å². The van der Waals surface area contributed by atoms with E-state index in [9.17, 15) is 14.7 Å². The molecule has 1 atom stereocenters. The number of amides is 1. The van der Waals surface area contributed by atoms with E-state index in [4.69, 9.17) is 21.1 Å². The van der Waals surface area contributed by atoms with Crippen molar-refractivity contribution >= 4 is 55.7 Å². The number of benzene rings is 4. The smallest absolute Gasteiger partial charge is 0.301 e. The summed E-state index contributed by atoms with van der Waals surface area (Å²) in [7, 11) is 0. The Morgan fingerprint density at radius 3 is 2.50 bits per heavy atom. The zero-order valence-corrected chi connectivity index (χ0v) is 25.5. The highest BCUT2D eigenvalue weighted by molar-refractivity contribution is 7.22. The van der Waals surface area contributed by atoms with Gasteiger partial charge in [-0.15, -0.1) is 0 Å². The average Bonchev–Trinajstić information content (AvgIpc) is 3.58. The first kappa shape index (κ1) is 29.4.